The van der Waals surface area contributed by atoms with Gasteiger partial charge in [-0.2, -0.15) is 5.10 Å². The molecule has 12 heteroatoms. The maximum atomic E-state index is 15.2. The lowest BCUT2D eigenvalue weighted by molar-refractivity contribution is -0.144. The van der Waals surface area contributed by atoms with E-state index in [0.29, 0.717) is 28.7 Å². The molecule has 2 aliphatic heterocycles. The van der Waals surface area contributed by atoms with Gasteiger partial charge in [-0.15, -0.1) is 11.3 Å². The van der Waals surface area contributed by atoms with Crippen molar-refractivity contribution in [1.29, 1.82) is 0 Å². The van der Waals surface area contributed by atoms with E-state index in [1.54, 1.807) is 28.0 Å². The summed E-state index contributed by atoms with van der Waals surface area (Å²) in [7, 11) is 1.74. The van der Waals surface area contributed by atoms with Crippen LogP contribution in [0.4, 0.5) is 5.82 Å². The van der Waals surface area contributed by atoms with Crippen molar-refractivity contribution >= 4 is 62.5 Å². The van der Waals surface area contributed by atoms with Crippen LogP contribution in [0, 0.1) is 36.0 Å². The van der Waals surface area contributed by atoms with Crippen LogP contribution < -0.4 is 9.64 Å². The van der Waals surface area contributed by atoms with Crippen LogP contribution in [0.1, 0.15) is 68.9 Å². The number of para-hydroxylation sites is 1. The first-order valence-corrected chi connectivity index (χ1v) is 20.2. The number of halogens is 1. The third kappa shape index (κ3) is 5.10. The normalized spacial score (nSPS) is 28.5. The molecule has 280 valence electrons. The number of aromatic nitrogens is 2. The number of fused-ring (bicyclic) bond motifs is 5. The number of aliphatic hydroxyl groups excluding tert-OH is 1. The number of hydrogen-bond donors (Lipinski definition) is 1. The van der Waals surface area contributed by atoms with Gasteiger partial charge >= 0.3 is 0 Å². The number of rotatable bonds is 7. The van der Waals surface area contributed by atoms with Crippen LogP contribution in [0.3, 0.4) is 0 Å². The van der Waals surface area contributed by atoms with Crippen LogP contribution in [0.25, 0.3) is 20.7 Å². The number of aryl methyl sites for hydroxylation is 2. The fourth-order valence-electron chi connectivity index (χ4n) is 10.5. The molecule has 0 unspecified atom stereocenters. The maximum Gasteiger partial charge on any atom is 0.242 e. The monoisotopic (exact) mass is 766 g/mol. The summed E-state index contributed by atoms with van der Waals surface area (Å²) in [5, 5.41) is 16.2. The number of carbonyl (C=O) groups is 4. The first-order chi connectivity index (χ1) is 26.0. The Morgan fingerprint density at radius 3 is 2.56 bits per heavy atom. The number of aliphatic hydroxyl groups is 1. The van der Waals surface area contributed by atoms with Crippen molar-refractivity contribution in [1.82, 2.24) is 14.7 Å². The molecule has 2 aromatic carbocycles. The predicted octanol–water partition coefficient (Wildman–Crippen LogP) is 7.20. The van der Waals surface area contributed by atoms with Crippen LogP contribution in [-0.4, -0.2) is 62.7 Å². The third-order valence-corrected chi connectivity index (χ3v) is 14.6. The Morgan fingerprint density at radius 2 is 1.78 bits per heavy atom. The van der Waals surface area contributed by atoms with Gasteiger partial charge in [-0.1, -0.05) is 60.7 Å². The van der Waals surface area contributed by atoms with Crippen molar-refractivity contribution in [2.75, 3.05) is 18.1 Å². The minimum Gasteiger partial charge on any atom is -0.491 e. The Bertz CT molecular complexity index is 2270. The highest BCUT2D eigenvalue weighted by Gasteiger charge is 2.68. The van der Waals surface area contributed by atoms with Crippen LogP contribution in [0.15, 0.2) is 60.2 Å². The number of hydrogen-bond acceptors (Lipinski definition) is 8. The Labute approximate surface area is 322 Å². The van der Waals surface area contributed by atoms with Gasteiger partial charge in [0.1, 0.15) is 23.9 Å². The number of thiophene rings is 1. The lowest BCUT2D eigenvalue weighted by Gasteiger charge is -2.49. The molecule has 2 aromatic heterocycles. The Morgan fingerprint density at radius 1 is 1.00 bits per heavy atom. The van der Waals surface area contributed by atoms with Gasteiger partial charge in [0.25, 0.3) is 0 Å². The quantitative estimate of drug-likeness (QED) is 0.156. The summed E-state index contributed by atoms with van der Waals surface area (Å²) >= 11 is 7.92. The summed E-state index contributed by atoms with van der Waals surface area (Å²) in [5.74, 6) is -2.90. The van der Waals surface area contributed by atoms with Crippen LogP contribution in [0.5, 0.6) is 5.75 Å². The topological polar surface area (TPSA) is 122 Å². The molecule has 4 amide bonds. The summed E-state index contributed by atoms with van der Waals surface area (Å²) in [4.78, 5) is 62.5. The summed E-state index contributed by atoms with van der Waals surface area (Å²) < 4.78 is 8.74. The average Bonchev–Trinajstić information content (AvgIpc) is 3.84. The van der Waals surface area contributed by atoms with Crippen molar-refractivity contribution in [3.05, 3.63) is 76.3 Å². The van der Waals surface area contributed by atoms with Gasteiger partial charge in [0, 0.05) is 40.4 Å². The number of ether oxygens (including phenoxy) is 1. The van der Waals surface area contributed by atoms with Crippen LogP contribution >= 0.6 is 22.9 Å². The molecule has 1 N–H and O–H groups in total. The molecule has 54 heavy (non-hydrogen) atoms. The number of amides is 4. The molecular formula is C42H43ClN4O6S. The summed E-state index contributed by atoms with van der Waals surface area (Å²) in [6.45, 7) is 3.76. The molecular weight excluding hydrogens is 724 g/mol. The van der Waals surface area contributed by atoms with Gasteiger partial charge in [0.2, 0.25) is 23.6 Å². The first kappa shape index (κ1) is 35.4. The van der Waals surface area contributed by atoms with E-state index < -0.39 is 35.0 Å². The number of anilines is 1. The highest BCUT2D eigenvalue weighted by Crippen LogP contribution is 2.64. The molecule has 2 saturated heterocycles. The minimum atomic E-state index is -1.24. The summed E-state index contributed by atoms with van der Waals surface area (Å²) in [6.07, 6.45) is 7.50. The van der Waals surface area contributed by atoms with Crippen molar-refractivity contribution in [3.8, 4) is 16.3 Å². The smallest absolute Gasteiger partial charge is 0.242 e. The second-order valence-electron chi connectivity index (χ2n) is 15.8. The van der Waals surface area contributed by atoms with Crippen molar-refractivity contribution in [2.45, 2.75) is 70.8 Å². The number of likely N-dealkylation sites (tertiary alicyclic amines) is 1. The van der Waals surface area contributed by atoms with E-state index in [-0.39, 0.29) is 49.3 Å². The van der Waals surface area contributed by atoms with E-state index in [0.717, 1.165) is 63.8 Å². The molecule has 4 fully saturated rings. The second kappa shape index (κ2) is 13.2. The number of imide groups is 2. The molecule has 4 heterocycles. The van der Waals surface area contributed by atoms with E-state index in [1.165, 1.54) is 4.90 Å². The predicted molar refractivity (Wildman–Crippen MR) is 206 cm³/mol. The highest BCUT2D eigenvalue weighted by atomic mass is 35.5. The Kier molecular flexibility index (Phi) is 8.63. The molecule has 2 saturated carbocycles. The lowest BCUT2D eigenvalue weighted by atomic mass is 9.51. The molecule has 6 atom stereocenters. The van der Waals surface area contributed by atoms with Crippen LogP contribution in [0.2, 0.25) is 5.02 Å². The summed E-state index contributed by atoms with van der Waals surface area (Å²) in [5.41, 5.74) is 2.07. The van der Waals surface area contributed by atoms with Crippen molar-refractivity contribution < 1.29 is 29.0 Å². The number of nitrogens with zero attached hydrogens (tertiary/aromatic N) is 4. The van der Waals surface area contributed by atoms with Gasteiger partial charge in [-0.05, 0) is 80.7 Å². The largest absolute Gasteiger partial charge is 0.491 e. The van der Waals surface area contributed by atoms with Gasteiger partial charge in [0.05, 0.1) is 34.7 Å². The zero-order valence-electron chi connectivity index (χ0n) is 30.6. The Balaban J connectivity index is 1.15. The molecule has 10 nitrogen and oxygen atoms in total. The molecule has 0 spiro atoms. The minimum absolute atomic E-state index is 0.0561. The van der Waals surface area contributed by atoms with E-state index in [1.807, 2.05) is 62.4 Å². The standard InChI is InChI=1S/C42H43ClN4O6S/c1-22-28-19-23(43)13-16-33(28)54-37(22)31-21-34(45(3)44-31)47-39(50)30-20-29-25(14-15-27-35(29)40(51)46(38(27)49)24-9-5-4-6-10-24)36(42(30,2)41(47)52)26-11-7-8-12-32(26)53-18-17-48/h7-8,11-14,16,19,21,24,27,29-30,35-36,48H,4-6,9-10,15,17-18,20H2,1-3H3/t27-,29+,30-,35-,36+,42+/m0/s1. The highest BCUT2D eigenvalue weighted by molar-refractivity contribution is 7.22. The average molecular weight is 767 g/mol. The van der Waals surface area contributed by atoms with Gasteiger partial charge < -0.3 is 9.84 Å². The fourth-order valence-corrected chi connectivity index (χ4v) is 11.8. The van der Waals surface area contributed by atoms with E-state index in [9.17, 15) is 19.5 Å². The zero-order valence-corrected chi connectivity index (χ0v) is 32.2. The third-order valence-electron chi connectivity index (χ3n) is 13.0. The maximum absolute atomic E-state index is 15.2. The first-order valence-electron chi connectivity index (χ1n) is 19.1. The molecule has 0 bridgehead atoms. The van der Waals surface area contributed by atoms with Gasteiger partial charge in [-0.3, -0.25) is 28.8 Å². The van der Waals surface area contributed by atoms with E-state index in [4.69, 9.17) is 21.4 Å². The SMILES string of the molecule is Cc1c(-c2cc(N3C(=O)[C@@H]4C[C@@H]5C(=CC[C@@H]6C(=O)N(C7CCCCC7)C(=O)[C@@H]65)[C@H](c5ccccc5OCCO)[C@]4(C)C3=O)n(C)n2)sc2ccc(Cl)cc12. The second-order valence-corrected chi connectivity index (χ2v) is 17.3. The lowest BCUT2D eigenvalue weighted by Crippen LogP contribution is -2.49. The molecule has 5 aliphatic rings. The van der Waals surface area contributed by atoms with E-state index >= 15 is 4.79 Å². The van der Waals surface area contributed by atoms with Crippen molar-refractivity contribution in [3.63, 3.8) is 0 Å². The molecule has 0 radical (unpaired) electrons. The zero-order chi connectivity index (χ0) is 37.6. The number of benzene rings is 2. The molecule has 3 aliphatic carbocycles. The van der Waals surface area contributed by atoms with Gasteiger partial charge in [-0.25, -0.2) is 4.90 Å². The van der Waals surface area contributed by atoms with Gasteiger partial charge in [0.15, 0.2) is 0 Å². The van der Waals surface area contributed by atoms with Crippen molar-refractivity contribution in [2.24, 2.45) is 36.1 Å². The Hall–Kier alpha value is -4.32. The fraction of sp³-hybridized carbons (Fsp3) is 0.452. The molecule has 4 aromatic rings. The number of carbonyl (C=O) groups excluding carboxylic acids is 4. The van der Waals surface area contributed by atoms with E-state index in [2.05, 4.69) is 6.08 Å². The molecule has 9 rings (SSSR count). The number of allylic oxidation sites excluding steroid dienone is 2. The van der Waals surface area contributed by atoms with Crippen LogP contribution in [-0.2, 0) is 26.2 Å². The summed E-state index contributed by atoms with van der Waals surface area (Å²) in [6, 6.07) is 15.0.